The van der Waals surface area contributed by atoms with Crippen LogP contribution in [0.2, 0.25) is 13.1 Å². The van der Waals surface area contributed by atoms with Crippen LogP contribution in [0, 0.1) is 0 Å². The summed E-state index contributed by atoms with van der Waals surface area (Å²) in [7, 11) is -0.825. The smallest absolute Gasteiger partial charge is 0.274 e. The van der Waals surface area contributed by atoms with E-state index in [1.807, 2.05) is 24.4 Å². The van der Waals surface area contributed by atoms with Crippen molar-refractivity contribution < 1.29 is 4.43 Å². The minimum absolute atomic E-state index is 0.0530. The molecule has 20 heavy (non-hydrogen) atoms. The van der Waals surface area contributed by atoms with Gasteiger partial charge in [0.1, 0.15) is 5.75 Å². The largest absolute Gasteiger partial charge is 0.542 e. The lowest BCUT2D eigenvalue weighted by Crippen LogP contribution is -2.19. The molecule has 0 saturated carbocycles. The quantitative estimate of drug-likeness (QED) is 0.764. The minimum Gasteiger partial charge on any atom is -0.542 e. The van der Waals surface area contributed by atoms with Gasteiger partial charge in [0, 0.05) is 11.8 Å². The lowest BCUT2D eigenvalue weighted by molar-refractivity contribution is 0.522. The second-order valence-corrected chi connectivity index (χ2v) is 8.18. The van der Waals surface area contributed by atoms with E-state index in [-0.39, 0.29) is 5.41 Å². The molecule has 3 heteroatoms. The van der Waals surface area contributed by atoms with Crippen LogP contribution >= 0.6 is 0 Å². The van der Waals surface area contributed by atoms with E-state index in [0.717, 1.165) is 17.0 Å². The molecule has 0 unspecified atom stereocenters. The number of hydrogen-bond acceptors (Lipinski definition) is 2. The van der Waals surface area contributed by atoms with Crippen molar-refractivity contribution in [2.45, 2.75) is 39.3 Å². The SMILES string of the molecule is C[Si](C)Oc1c(-c2ccccn2)cccc1C(C)(C)C. The van der Waals surface area contributed by atoms with E-state index in [1.165, 1.54) is 5.56 Å². The molecule has 2 rings (SSSR count). The maximum absolute atomic E-state index is 6.22. The van der Waals surface area contributed by atoms with E-state index in [0.29, 0.717) is 0 Å². The van der Waals surface area contributed by atoms with Gasteiger partial charge in [0.05, 0.1) is 5.69 Å². The molecule has 0 aliphatic carbocycles. The molecular weight excluding hydrogens is 262 g/mol. The second kappa shape index (κ2) is 5.79. The van der Waals surface area contributed by atoms with Crippen molar-refractivity contribution in [3.63, 3.8) is 0 Å². The zero-order valence-electron chi connectivity index (χ0n) is 12.9. The number of nitrogens with zero attached hydrogens (tertiary/aromatic N) is 1. The fraction of sp³-hybridized carbons (Fsp3) is 0.353. The molecule has 0 aliphatic rings. The molecule has 0 bridgehead atoms. The summed E-state index contributed by atoms with van der Waals surface area (Å²) >= 11 is 0. The predicted octanol–water partition coefficient (Wildman–Crippen LogP) is 4.68. The van der Waals surface area contributed by atoms with Crippen molar-refractivity contribution in [3.8, 4) is 17.0 Å². The highest BCUT2D eigenvalue weighted by atomic mass is 28.3. The summed E-state index contributed by atoms with van der Waals surface area (Å²) in [6.45, 7) is 11.0. The fourth-order valence-corrected chi connectivity index (χ4v) is 2.79. The van der Waals surface area contributed by atoms with Crippen molar-refractivity contribution in [3.05, 3.63) is 48.2 Å². The van der Waals surface area contributed by atoms with Gasteiger partial charge in [-0.1, -0.05) is 39.0 Å². The van der Waals surface area contributed by atoms with Gasteiger partial charge in [0.15, 0.2) is 0 Å². The third-order valence-electron chi connectivity index (χ3n) is 3.07. The van der Waals surface area contributed by atoms with Gasteiger partial charge in [-0.3, -0.25) is 4.98 Å². The standard InChI is InChI=1S/C17H22NOSi/c1-17(2,3)14-10-8-9-13(16(14)19-20(4)5)15-11-6-7-12-18-15/h6-12H,1-5H3. The lowest BCUT2D eigenvalue weighted by Gasteiger charge is -2.26. The van der Waals surface area contributed by atoms with E-state index in [9.17, 15) is 0 Å². The van der Waals surface area contributed by atoms with Gasteiger partial charge < -0.3 is 4.43 Å². The Bertz CT molecular complexity index is 573. The lowest BCUT2D eigenvalue weighted by atomic mass is 9.85. The van der Waals surface area contributed by atoms with Crippen molar-refractivity contribution in [1.29, 1.82) is 0 Å². The van der Waals surface area contributed by atoms with Crippen molar-refractivity contribution in [2.24, 2.45) is 0 Å². The molecule has 0 aliphatic heterocycles. The molecule has 0 N–H and O–H groups in total. The number of pyridine rings is 1. The Morgan fingerprint density at radius 3 is 2.30 bits per heavy atom. The first-order chi connectivity index (χ1) is 9.39. The Balaban J connectivity index is 2.62. The molecule has 1 heterocycles. The van der Waals surface area contributed by atoms with Crippen molar-refractivity contribution in [2.75, 3.05) is 0 Å². The summed E-state index contributed by atoms with van der Waals surface area (Å²) in [6.07, 6.45) is 1.83. The highest BCUT2D eigenvalue weighted by Crippen LogP contribution is 2.38. The van der Waals surface area contributed by atoms with Crippen LogP contribution in [0.15, 0.2) is 42.6 Å². The molecule has 0 saturated heterocycles. The average molecular weight is 284 g/mol. The molecule has 0 fully saturated rings. The van der Waals surface area contributed by atoms with Gasteiger partial charge in [-0.25, -0.2) is 0 Å². The van der Waals surface area contributed by atoms with Crippen LogP contribution in [0.4, 0.5) is 0 Å². The first kappa shape index (κ1) is 14.8. The van der Waals surface area contributed by atoms with Crippen LogP contribution in [0.5, 0.6) is 5.75 Å². The van der Waals surface area contributed by atoms with Crippen LogP contribution in [0.3, 0.4) is 0 Å². The molecular formula is C17H22NOSi. The van der Waals surface area contributed by atoms with Gasteiger partial charge in [-0.2, -0.15) is 0 Å². The second-order valence-electron chi connectivity index (χ2n) is 6.16. The van der Waals surface area contributed by atoms with Crippen LogP contribution in [-0.2, 0) is 5.41 Å². The summed E-state index contributed by atoms with van der Waals surface area (Å²) in [6, 6.07) is 12.3. The van der Waals surface area contributed by atoms with Crippen LogP contribution in [0.25, 0.3) is 11.3 Å². The van der Waals surface area contributed by atoms with Gasteiger partial charge in [0.25, 0.3) is 9.04 Å². The Labute approximate surface area is 123 Å². The first-order valence-corrected chi connectivity index (χ1v) is 9.33. The van der Waals surface area contributed by atoms with Crippen LogP contribution in [-0.4, -0.2) is 14.0 Å². The molecule has 0 spiro atoms. The van der Waals surface area contributed by atoms with Crippen LogP contribution < -0.4 is 4.43 Å². The van der Waals surface area contributed by atoms with Crippen molar-refractivity contribution >= 4 is 9.04 Å². The Morgan fingerprint density at radius 1 is 1.00 bits per heavy atom. The van der Waals surface area contributed by atoms with Crippen LogP contribution in [0.1, 0.15) is 26.3 Å². The molecule has 105 valence electrons. The molecule has 2 nitrogen and oxygen atoms in total. The molecule has 2 aromatic rings. The summed E-state index contributed by atoms with van der Waals surface area (Å²) in [5.74, 6) is 0.998. The van der Waals surface area contributed by atoms with E-state index < -0.39 is 9.04 Å². The first-order valence-electron chi connectivity index (χ1n) is 6.92. The van der Waals surface area contributed by atoms with Gasteiger partial charge in [0.2, 0.25) is 0 Å². The third kappa shape index (κ3) is 3.28. The summed E-state index contributed by atoms with van der Waals surface area (Å²) in [5, 5.41) is 0. The highest BCUT2D eigenvalue weighted by molar-refractivity contribution is 6.49. The summed E-state index contributed by atoms with van der Waals surface area (Å²) in [4.78, 5) is 4.47. The van der Waals surface area contributed by atoms with Gasteiger partial charge in [-0.15, -0.1) is 0 Å². The Kier molecular flexibility index (Phi) is 4.28. The average Bonchev–Trinajstić information content (AvgIpc) is 2.38. The monoisotopic (exact) mass is 284 g/mol. The highest BCUT2D eigenvalue weighted by Gasteiger charge is 2.22. The third-order valence-corrected chi connectivity index (χ3v) is 3.68. The zero-order chi connectivity index (χ0) is 14.8. The van der Waals surface area contributed by atoms with Gasteiger partial charge in [-0.05, 0) is 42.3 Å². The van der Waals surface area contributed by atoms with E-state index in [1.54, 1.807) is 0 Å². The normalized spacial score (nSPS) is 11.7. The molecule has 1 aromatic carbocycles. The number of benzene rings is 1. The topological polar surface area (TPSA) is 22.1 Å². The van der Waals surface area contributed by atoms with Gasteiger partial charge >= 0.3 is 0 Å². The Morgan fingerprint density at radius 2 is 1.75 bits per heavy atom. The summed E-state index contributed by atoms with van der Waals surface area (Å²) in [5.41, 5.74) is 3.35. The molecule has 0 amide bonds. The van der Waals surface area contributed by atoms with E-state index in [4.69, 9.17) is 4.43 Å². The number of rotatable bonds is 3. The molecule has 1 aromatic heterocycles. The number of para-hydroxylation sites is 1. The van der Waals surface area contributed by atoms with E-state index >= 15 is 0 Å². The maximum atomic E-state index is 6.22. The molecule has 1 radical (unpaired) electrons. The fourth-order valence-electron chi connectivity index (χ4n) is 2.17. The summed E-state index contributed by atoms with van der Waals surface area (Å²) < 4.78 is 6.22. The van der Waals surface area contributed by atoms with Crippen molar-refractivity contribution in [1.82, 2.24) is 4.98 Å². The predicted molar refractivity (Wildman–Crippen MR) is 86.5 cm³/mol. The minimum atomic E-state index is -0.825. The Hall–Kier alpha value is -1.61. The van der Waals surface area contributed by atoms with E-state index in [2.05, 4.69) is 57.0 Å². The number of aromatic nitrogens is 1. The number of hydrogen-bond donors (Lipinski definition) is 0. The zero-order valence-corrected chi connectivity index (χ0v) is 13.9. The molecule has 0 atom stereocenters. The maximum Gasteiger partial charge on any atom is 0.274 e.